The van der Waals surface area contributed by atoms with Gasteiger partial charge in [0.25, 0.3) is 11.1 Å². The van der Waals surface area contributed by atoms with Crippen LogP contribution in [-0.2, 0) is 25.7 Å². The maximum atomic E-state index is 12.6. The van der Waals surface area contributed by atoms with Gasteiger partial charge < -0.3 is 14.5 Å². The quantitative estimate of drug-likeness (QED) is 0.642. The van der Waals surface area contributed by atoms with Gasteiger partial charge in [-0.2, -0.15) is 0 Å². The fraction of sp³-hybridized carbons (Fsp3) is 0.476. The van der Waals surface area contributed by atoms with Gasteiger partial charge in [0.15, 0.2) is 0 Å². The number of amides is 2. The summed E-state index contributed by atoms with van der Waals surface area (Å²) in [4.78, 5) is 64.5. The van der Waals surface area contributed by atoms with Gasteiger partial charge >= 0.3 is 5.97 Å². The zero-order valence-electron chi connectivity index (χ0n) is 17.6. The molecule has 3 rings (SSSR count). The number of aromatic nitrogens is 2. The lowest BCUT2D eigenvalue weighted by atomic mass is 9.97. The second-order valence-corrected chi connectivity index (χ2v) is 7.53. The Kier molecular flexibility index (Phi) is 6.88. The zero-order chi connectivity index (χ0) is 22.5. The molecule has 1 aromatic heterocycles. The summed E-state index contributed by atoms with van der Waals surface area (Å²) < 4.78 is 5.98. The molecule has 10 nitrogen and oxygen atoms in total. The smallest absolute Gasteiger partial charge is 0.309 e. The lowest BCUT2D eigenvalue weighted by molar-refractivity contribution is -0.151. The first-order chi connectivity index (χ1) is 14.8. The highest BCUT2D eigenvalue weighted by Gasteiger charge is 2.29. The van der Waals surface area contributed by atoms with Crippen molar-refractivity contribution in [1.82, 2.24) is 19.6 Å². The molecule has 1 aliphatic heterocycles. The molecule has 0 unspecified atom stereocenters. The summed E-state index contributed by atoms with van der Waals surface area (Å²) in [5, 5.41) is 2.89. The molecule has 166 valence electrons. The number of likely N-dealkylation sites (tertiary alicyclic amines) is 1. The SMILES string of the molecule is CCOC(=O)C1CCN(C(=O)CN(C)C(=O)Cn2[nH]c(=O)c3ccccc3c2=O)CC1. The highest BCUT2D eigenvalue weighted by Crippen LogP contribution is 2.18. The predicted molar refractivity (Wildman–Crippen MR) is 112 cm³/mol. The van der Waals surface area contributed by atoms with Crippen LogP contribution in [0.4, 0.5) is 0 Å². The number of carbonyl (C=O) groups excluding carboxylic acids is 3. The number of esters is 1. The molecule has 0 spiro atoms. The number of nitrogens with zero attached hydrogens (tertiary/aromatic N) is 3. The summed E-state index contributed by atoms with van der Waals surface area (Å²) in [6, 6.07) is 6.37. The first kappa shape index (κ1) is 22.3. The Morgan fingerprint density at radius 1 is 1.13 bits per heavy atom. The number of ether oxygens (including phenoxy) is 1. The van der Waals surface area contributed by atoms with Crippen molar-refractivity contribution in [3.63, 3.8) is 0 Å². The Hall–Kier alpha value is -3.43. The molecule has 0 saturated carbocycles. The normalized spacial score (nSPS) is 14.5. The van der Waals surface area contributed by atoms with E-state index in [4.69, 9.17) is 4.74 Å². The van der Waals surface area contributed by atoms with Gasteiger partial charge in [-0.25, -0.2) is 4.68 Å². The van der Waals surface area contributed by atoms with Crippen molar-refractivity contribution in [2.75, 3.05) is 33.3 Å². The van der Waals surface area contributed by atoms with E-state index >= 15 is 0 Å². The van der Waals surface area contributed by atoms with E-state index in [1.54, 1.807) is 24.0 Å². The standard InChI is InChI=1S/C21H26N4O6/c1-3-31-21(30)14-8-10-24(11-9-14)18(27)12-23(2)17(26)13-25-20(29)16-7-5-4-6-15(16)19(28)22-25/h4-7,14H,3,8-13H2,1-2H3,(H,22,28). The fourth-order valence-corrected chi connectivity index (χ4v) is 3.63. The van der Waals surface area contributed by atoms with E-state index in [9.17, 15) is 24.0 Å². The van der Waals surface area contributed by atoms with Crippen molar-refractivity contribution in [2.24, 2.45) is 5.92 Å². The van der Waals surface area contributed by atoms with E-state index in [2.05, 4.69) is 5.10 Å². The van der Waals surface area contributed by atoms with E-state index in [0.29, 0.717) is 32.5 Å². The summed E-state index contributed by atoms with van der Waals surface area (Å²) in [6.07, 6.45) is 1.05. The molecule has 0 atom stereocenters. The first-order valence-corrected chi connectivity index (χ1v) is 10.2. The van der Waals surface area contributed by atoms with Gasteiger partial charge in [0.1, 0.15) is 6.54 Å². The number of hydrogen-bond acceptors (Lipinski definition) is 6. The van der Waals surface area contributed by atoms with Crippen LogP contribution in [0.3, 0.4) is 0 Å². The van der Waals surface area contributed by atoms with Crippen LogP contribution >= 0.6 is 0 Å². The third kappa shape index (κ3) is 5.01. The molecule has 1 N–H and O–H groups in total. The average Bonchev–Trinajstić information content (AvgIpc) is 2.77. The molecule has 1 aliphatic rings. The van der Waals surface area contributed by atoms with E-state index in [1.807, 2.05) is 0 Å². The Morgan fingerprint density at radius 3 is 2.42 bits per heavy atom. The molecule has 1 saturated heterocycles. The topological polar surface area (TPSA) is 122 Å². The number of H-pyrrole nitrogens is 1. The molecule has 31 heavy (non-hydrogen) atoms. The molecule has 1 aromatic carbocycles. The monoisotopic (exact) mass is 430 g/mol. The Morgan fingerprint density at radius 2 is 1.77 bits per heavy atom. The van der Waals surface area contributed by atoms with Gasteiger partial charge in [-0.1, -0.05) is 12.1 Å². The fourth-order valence-electron chi connectivity index (χ4n) is 3.63. The summed E-state index contributed by atoms with van der Waals surface area (Å²) in [5.41, 5.74) is -0.949. The van der Waals surface area contributed by atoms with E-state index in [0.717, 1.165) is 4.68 Å². The van der Waals surface area contributed by atoms with E-state index in [1.165, 1.54) is 24.1 Å². The first-order valence-electron chi connectivity index (χ1n) is 10.2. The van der Waals surface area contributed by atoms with Crippen LogP contribution in [0.2, 0.25) is 0 Å². The Bertz CT molecular complexity index is 1100. The molecule has 2 aromatic rings. The summed E-state index contributed by atoms with van der Waals surface area (Å²) >= 11 is 0. The molecule has 0 aliphatic carbocycles. The number of piperidine rings is 1. The number of carbonyl (C=O) groups is 3. The summed E-state index contributed by atoms with van der Waals surface area (Å²) in [6.45, 7) is 2.38. The lowest BCUT2D eigenvalue weighted by Crippen LogP contribution is -2.46. The number of aromatic amines is 1. The third-order valence-electron chi connectivity index (χ3n) is 5.44. The highest BCUT2D eigenvalue weighted by molar-refractivity contribution is 5.85. The van der Waals surface area contributed by atoms with Crippen molar-refractivity contribution in [3.05, 3.63) is 45.0 Å². The van der Waals surface area contributed by atoms with Crippen LogP contribution in [0.1, 0.15) is 19.8 Å². The number of nitrogens with one attached hydrogen (secondary N) is 1. The largest absolute Gasteiger partial charge is 0.466 e. The number of likely N-dealkylation sites (N-methyl/N-ethyl adjacent to an activating group) is 1. The third-order valence-corrected chi connectivity index (χ3v) is 5.44. The van der Waals surface area contributed by atoms with Crippen LogP contribution < -0.4 is 11.1 Å². The van der Waals surface area contributed by atoms with Crippen LogP contribution in [0.25, 0.3) is 10.8 Å². The molecular weight excluding hydrogens is 404 g/mol. The van der Waals surface area contributed by atoms with Crippen LogP contribution in [0, 0.1) is 5.92 Å². The van der Waals surface area contributed by atoms with E-state index < -0.39 is 17.0 Å². The van der Waals surface area contributed by atoms with Crippen LogP contribution in [-0.4, -0.2) is 70.7 Å². The maximum Gasteiger partial charge on any atom is 0.309 e. The molecule has 10 heteroatoms. The number of benzene rings is 1. The van der Waals surface area contributed by atoms with Crippen molar-refractivity contribution in [3.8, 4) is 0 Å². The number of fused-ring (bicyclic) bond motifs is 1. The van der Waals surface area contributed by atoms with Crippen molar-refractivity contribution < 1.29 is 19.1 Å². The molecular formula is C21H26N4O6. The maximum absolute atomic E-state index is 12.6. The predicted octanol–water partition coefficient (Wildman–Crippen LogP) is -0.0501. The molecule has 1 fully saturated rings. The minimum atomic E-state index is -0.484. The van der Waals surface area contributed by atoms with Crippen molar-refractivity contribution >= 4 is 28.6 Å². The molecule has 2 heterocycles. The van der Waals surface area contributed by atoms with Gasteiger partial charge in [-0.3, -0.25) is 29.1 Å². The van der Waals surface area contributed by atoms with Gasteiger partial charge in [0, 0.05) is 20.1 Å². The average molecular weight is 430 g/mol. The van der Waals surface area contributed by atoms with Crippen LogP contribution in [0.5, 0.6) is 0 Å². The number of hydrogen-bond donors (Lipinski definition) is 1. The number of rotatable bonds is 6. The van der Waals surface area contributed by atoms with Gasteiger partial charge in [-0.05, 0) is 31.9 Å². The molecule has 2 amide bonds. The van der Waals surface area contributed by atoms with Crippen molar-refractivity contribution in [1.29, 1.82) is 0 Å². The van der Waals surface area contributed by atoms with Gasteiger partial charge in [0.2, 0.25) is 11.8 Å². The minimum Gasteiger partial charge on any atom is -0.466 e. The summed E-state index contributed by atoms with van der Waals surface area (Å²) in [7, 11) is 1.47. The van der Waals surface area contributed by atoms with Gasteiger partial charge in [-0.15, -0.1) is 0 Å². The van der Waals surface area contributed by atoms with Crippen LogP contribution in [0.15, 0.2) is 33.9 Å². The Balaban J connectivity index is 1.59. The molecule has 0 bridgehead atoms. The minimum absolute atomic E-state index is 0.157. The van der Waals surface area contributed by atoms with E-state index in [-0.39, 0.29) is 41.7 Å². The second kappa shape index (κ2) is 9.59. The second-order valence-electron chi connectivity index (χ2n) is 7.53. The Labute approximate surface area is 178 Å². The summed E-state index contributed by atoms with van der Waals surface area (Å²) in [5.74, 6) is -1.17. The van der Waals surface area contributed by atoms with Crippen molar-refractivity contribution in [2.45, 2.75) is 26.3 Å². The molecule has 0 radical (unpaired) electrons. The highest BCUT2D eigenvalue weighted by atomic mass is 16.5. The zero-order valence-corrected chi connectivity index (χ0v) is 17.6. The lowest BCUT2D eigenvalue weighted by Gasteiger charge is -2.32. The van der Waals surface area contributed by atoms with Gasteiger partial charge in [0.05, 0.1) is 29.8 Å².